The molecule has 0 amide bonds. The van der Waals surface area contributed by atoms with Crippen LogP contribution < -0.4 is 5.32 Å². The van der Waals surface area contributed by atoms with E-state index in [1.807, 2.05) is 6.07 Å². The number of hydrogen-bond donors (Lipinski definition) is 2. The lowest BCUT2D eigenvalue weighted by molar-refractivity contribution is 0.570. The zero-order valence-corrected chi connectivity index (χ0v) is 11.4. The van der Waals surface area contributed by atoms with Crippen molar-refractivity contribution < 1.29 is 4.42 Å². The fourth-order valence-corrected chi connectivity index (χ4v) is 2.33. The number of pyridine rings is 1. The van der Waals surface area contributed by atoms with Gasteiger partial charge in [0.05, 0.1) is 47.1 Å². The minimum atomic E-state index is 0.440. The Morgan fingerprint density at radius 2 is 2.27 bits per heavy atom. The van der Waals surface area contributed by atoms with E-state index in [9.17, 15) is 0 Å². The molecule has 0 radical (unpaired) electrons. The number of aromatic nitrogens is 4. The van der Waals surface area contributed by atoms with Gasteiger partial charge in [-0.2, -0.15) is 5.26 Å². The summed E-state index contributed by atoms with van der Waals surface area (Å²) in [4.78, 5) is 16.1. The van der Waals surface area contributed by atoms with E-state index in [2.05, 4.69) is 31.3 Å². The molecule has 0 aliphatic rings. The van der Waals surface area contributed by atoms with E-state index in [4.69, 9.17) is 9.68 Å². The second-order valence-electron chi connectivity index (χ2n) is 4.74. The summed E-state index contributed by atoms with van der Waals surface area (Å²) >= 11 is 0. The van der Waals surface area contributed by atoms with E-state index in [0.29, 0.717) is 18.1 Å². The fraction of sp³-hybridized carbons (Fsp3) is 0.0667. The summed E-state index contributed by atoms with van der Waals surface area (Å²) in [6, 6.07) is 7.95. The van der Waals surface area contributed by atoms with E-state index in [-0.39, 0.29) is 0 Å². The molecule has 4 rings (SSSR count). The number of nitriles is 1. The molecule has 0 unspecified atom stereocenters. The van der Waals surface area contributed by atoms with Crippen molar-refractivity contribution in [3.8, 4) is 6.07 Å². The Hall–Kier alpha value is -3.40. The molecule has 106 valence electrons. The molecule has 2 N–H and O–H groups in total. The summed E-state index contributed by atoms with van der Waals surface area (Å²) in [6.45, 7) is 0.453. The van der Waals surface area contributed by atoms with Crippen LogP contribution in [0.4, 0.5) is 6.01 Å². The Morgan fingerprint density at radius 3 is 3.09 bits per heavy atom. The van der Waals surface area contributed by atoms with Crippen molar-refractivity contribution in [1.29, 1.82) is 5.26 Å². The first-order chi connectivity index (χ1) is 10.8. The van der Waals surface area contributed by atoms with Crippen molar-refractivity contribution in [1.82, 2.24) is 19.9 Å². The quantitative estimate of drug-likeness (QED) is 0.601. The maximum atomic E-state index is 9.04. The van der Waals surface area contributed by atoms with Crippen molar-refractivity contribution in [3.05, 3.63) is 48.2 Å². The zero-order chi connectivity index (χ0) is 14.9. The number of aromatic amines is 1. The highest BCUT2D eigenvalue weighted by Gasteiger charge is 2.09. The molecule has 3 aromatic heterocycles. The summed E-state index contributed by atoms with van der Waals surface area (Å²) in [5, 5.41) is 12.9. The van der Waals surface area contributed by atoms with Gasteiger partial charge in [0.25, 0.3) is 6.01 Å². The summed E-state index contributed by atoms with van der Waals surface area (Å²) < 4.78 is 5.12. The van der Waals surface area contributed by atoms with Crippen molar-refractivity contribution in [3.63, 3.8) is 0 Å². The van der Waals surface area contributed by atoms with Gasteiger partial charge in [0.15, 0.2) is 0 Å². The Kier molecular flexibility index (Phi) is 2.73. The molecule has 1 aromatic carbocycles. The monoisotopic (exact) mass is 290 g/mol. The maximum absolute atomic E-state index is 9.04. The second-order valence-corrected chi connectivity index (χ2v) is 4.74. The molecular formula is C15H10N6O. The van der Waals surface area contributed by atoms with Crippen LogP contribution in [0.2, 0.25) is 0 Å². The number of H-pyrrole nitrogens is 1. The number of hydrogen-bond acceptors (Lipinski definition) is 6. The maximum Gasteiger partial charge on any atom is 0.294 e. The molecule has 0 bridgehead atoms. The summed E-state index contributed by atoms with van der Waals surface area (Å²) in [5.74, 6) is 0.741. The van der Waals surface area contributed by atoms with Crippen LogP contribution in [0.3, 0.4) is 0 Å². The molecule has 0 saturated carbocycles. The smallest absolute Gasteiger partial charge is 0.294 e. The lowest BCUT2D eigenvalue weighted by atomic mass is 10.1. The van der Waals surface area contributed by atoms with Gasteiger partial charge in [-0.3, -0.25) is 4.98 Å². The molecule has 0 aliphatic heterocycles. The van der Waals surface area contributed by atoms with Gasteiger partial charge in [-0.15, -0.1) is 0 Å². The first-order valence-electron chi connectivity index (χ1n) is 6.64. The van der Waals surface area contributed by atoms with Gasteiger partial charge in [-0.25, -0.2) is 9.97 Å². The molecule has 4 aromatic rings. The largest absolute Gasteiger partial charge is 0.432 e. The minimum absolute atomic E-state index is 0.440. The second kappa shape index (κ2) is 4.86. The Morgan fingerprint density at radius 1 is 1.32 bits per heavy atom. The number of imidazole rings is 1. The lowest BCUT2D eigenvalue weighted by Crippen LogP contribution is -2.00. The number of nitrogens with one attached hydrogen (secondary N) is 2. The van der Waals surface area contributed by atoms with Gasteiger partial charge in [-0.1, -0.05) is 0 Å². The van der Waals surface area contributed by atoms with E-state index < -0.39 is 0 Å². The van der Waals surface area contributed by atoms with E-state index in [1.165, 1.54) is 6.26 Å². The van der Waals surface area contributed by atoms with Crippen LogP contribution in [-0.2, 0) is 6.54 Å². The SMILES string of the molecule is N#Cc1ccc2ncc3[nH]c(CNc4ncco4)nc3c2c1. The van der Waals surface area contributed by atoms with Crippen molar-refractivity contribution in [2.75, 3.05) is 5.32 Å². The summed E-state index contributed by atoms with van der Waals surface area (Å²) in [5.41, 5.74) is 3.02. The average molecular weight is 290 g/mol. The zero-order valence-electron chi connectivity index (χ0n) is 11.4. The minimum Gasteiger partial charge on any atom is -0.432 e. The van der Waals surface area contributed by atoms with Gasteiger partial charge in [-0.05, 0) is 18.2 Å². The molecule has 0 aliphatic carbocycles. The van der Waals surface area contributed by atoms with Crippen LogP contribution in [0.25, 0.3) is 21.9 Å². The molecular weight excluding hydrogens is 280 g/mol. The Balaban J connectivity index is 1.76. The summed E-state index contributed by atoms with van der Waals surface area (Å²) in [6.07, 6.45) is 4.81. The molecule has 0 saturated heterocycles. The molecule has 0 spiro atoms. The van der Waals surface area contributed by atoms with Gasteiger partial charge in [0.1, 0.15) is 12.1 Å². The predicted molar refractivity (Wildman–Crippen MR) is 79.9 cm³/mol. The number of rotatable bonds is 3. The standard InChI is InChI=1S/C15H10N6O/c16-6-9-1-2-11-10(5-9)14-12(7-18-11)20-13(21-14)8-19-15-17-3-4-22-15/h1-5,7H,8H2,(H,17,19)(H,20,21). The number of oxazole rings is 1. The Bertz CT molecular complexity index is 996. The topological polar surface area (TPSA) is 103 Å². The van der Waals surface area contributed by atoms with E-state index in [0.717, 1.165) is 27.8 Å². The van der Waals surface area contributed by atoms with Crippen LogP contribution in [-0.4, -0.2) is 19.9 Å². The number of anilines is 1. The molecule has 0 fully saturated rings. The van der Waals surface area contributed by atoms with Crippen LogP contribution in [0.1, 0.15) is 11.4 Å². The highest BCUT2D eigenvalue weighted by Crippen LogP contribution is 2.23. The van der Waals surface area contributed by atoms with Gasteiger partial charge < -0.3 is 14.7 Å². The van der Waals surface area contributed by atoms with Gasteiger partial charge >= 0.3 is 0 Å². The third kappa shape index (κ3) is 2.03. The fourth-order valence-electron chi connectivity index (χ4n) is 2.33. The molecule has 0 atom stereocenters. The van der Waals surface area contributed by atoms with Gasteiger partial charge in [0, 0.05) is 5.39 Å². The first kappa shape index (κ1) is 12.3. The van der Waals surface area contributed by atoms with Crippen LogP contribution >= 0.6 is 0 Å². The number of fused-ring (bicyclic) bond motifs is 3. The van der Waals surface area contributed by atoms with Crippen LogP contribution in [0.15, 0.2) is 41.3 Å². The third-order valence-corrected chi connectivity index (χ3v) is 3.33. The molecule has 3 heterocycles. The first-order valence-corrected chi connectivity index (χ1v) is 6.64. The molecule has 7 heteroatoms. The van der Waals surface area contributed by atoms with Crippen molar-refractivity contribution in [2.45, 2.75) is 6.54 Å². The van der Waals surface area contributed by atoms with E-state index in [1.54, 1.807) is 24.5 Å². The van der Waals surface area contributed by atoms with Crippen LogP contribution in [0, 0.1) is 11.3 Å². The highest BCUT2D eigenvalue weighted by molar-refractivity contribution is 6.02. The van der Waals surface area contributed by atoms with Gasteiger partial charge in [0.2, 0.25) is 0 Å². The molecule has 22 heavy (non-hydrogen) atoms. The Labute approximate surface area is 124 Å². The normalized spacial score (nSPS) is 10.9. The average Bonchev–Trinajstić information content (AvgIpc) is 3.21. The van der Waals surface area contributed by atoms with Crippen molar-refractivity contribution in [2.24, 2.45) is 0 Å². The van der Waals surface area contributed by atoms with Crippen molar-refractivity contribution >= 4 is 28.0 Å². The number of benzene rings is 1. The predicted octanol–water partition coefficient (Wildman–Crippen LogP) is 2.58. The van der Waals surface area contributed by atoms with E-state index >= 15 is 0 Å². The highest BCUT2D eigenvalue weighted by atomic mass is 16.4. The summed E-state index contributed by atoms with van der Waals surface area (Å²) in [7, 11) is 0. The van der Waals surface area contributed by atoms with Crippen LogP contribution in [0.5, 0.6) is 0 Å². The number of nitrogens with zero attached hydrogens (tertiary/aromatic N) is 4. The lowest BCUT2D eigenvalue weighted by Gasteiger charge is -1.97. The third-order valence-electron chi connectivity index (χ3n) is 3.33. The molecule has 7 nitrogen and oxygen atoms in total.